The predicted octanol–water partition coefficient (Wildman–Crippen LogP) is 4.91. The quantitative estimate of drug-likeness (QED) is 0.399. The molecule has 1 aliphatic rings. The minimum absolute atomic E-state index is 0. The van der Waals surface area contributed by atoms with Crippen molar-refractivity contribution in [2.45, 2.75) is 25.8 Å². The average Bonchev–Trinajstić information content (AvgIpc) is 3.34. The van der Waals surface area contributed by atoms with Crippen LogP contribution < -0.4 is 25.6 Å². The molecule has 0 spiro atoms. The van der Waals surface area contributed by atoms with Crippen molar-refractivity contribution in [3.63, 3.8) is 0 Å². The standard InChI is InChI=1S/C25H29F2N5O2S.ClH/c1-25(2,17-4-6-18(34-3)7-5-17)22-15-35-24(30-22)31-23(33)29-14-16-12-20(27)21(13-19(16)26)32-10-8-28-9-11-32;/h4-7,12-13,15,28H,8-11,14H2,1-3H3,(H2,29,30,31,33);1H. The van der Waals surface area contributed by atoms with Gasteiger partial charge in [0.15, 0.2) is 5.13 Å². The summed E-state index contributed by atoms with van der Waals surface area (Å²) < 4.78 is 34.4. The van der Waals surface area contributed by atoms with Crippen LogP contribution in [0.5, 0.6) is 5.75 Å². The molecule has 2 heterocycles. The van der Waals surface area contributed by atoms with Gasteiger partial charge in [0.1, 0.15) is 17.4 Å². The van der Waals surface area contributed by atoms with E-state index in [9.17, 15) is 13.6 Å². The number of anilines is 2. The van der Waals surface area contributed by atoms with Crippen LogP contribution in [0.25, 0.3) is 0 Å². The van der Waals surface area contributed by atoms with E-state index >= 15 is 0 Å². The number of nitrogens with one attached hydrogen (secondary N) is 3. The second-order valence-corrected chi connectivity index (χ2v) is 9.69. The zero-order valence-electron chi connectivity index (χ0n) is 20.4. The number of rotatable bonds is 7. The van der Waals surface area contributed by atoms with E-state index in [0.717, 1.165) is 36.2 Å². The van der Waals surface area contributed by atoms with Gasteiger partial charge in [-0.15, -0.1) is 23.7 Å². The fourth-order valence-corrected chi connectivity index (χ4v) is 4.82. The van der Waals surface area contributed by atoms with Crippen LogP contribution in [-0.2, 0) is 12.0 Å². The van der Waals surface area contributed by atoms with Gasteiger partial charge in [0.2, 0.25) is 0 Å². The zero-order valence-corrected chi connectivity index (χ0v) is 22.0. The van der Waals surface area contributed by atoms with Gasteiger partial charge in [-0.2, -0.15) is 0 Å². The molecule has 0 aliphatic carbocycles. The Morgan fingerprint density at radius 2 is 1.86 bits per heavy atom. The molecule has 0 atom stereocenters. The molecular weight excluding hydrogens is 508 g/mol. The summed E-state index contributed by atoms with van der Waals surface area (Å²) in [5.41, 5.74) is 1.80. The molecule has 0 unspecified atom stereocenters. The van der Waals surface area contributed by atoms with Gasteiger partial charge in [0, 0.05) is 55.1 Å². The Balaban J connectivity index is 0.00000361. The fourth-order valence-electron chi connectivity index (χ4n) is 3.95. The molecule has 1 fully saturated rings. The summed E-state index contributed by atoms with van der Waals surface area (Å²) in [4.78, 5) is 18.8. The molecule has 11 heteroatoms. The van der Waals surface area contributed by atoms with E-state index in [1.54, 1.807) is 7.11 Å². The highest BCUT2D eigenvalue weighted by Crippen LogP contribution is 2.34. The normalized spacial score (nSPS) is 13.6. The lowest BCUT2D eigenvalue weighted by atomic mass is 9.82. The van der Waals surface area contributed by atoms with Crippen molar-refractivity contribution in [1.82, 2.24) is 15.6 Å². The van der Waals surface area contributed by atoms with Crippen LogP contribution in [0, 0.1) is 11.6 Å². The molecule has 2 amide bonds. The number of piperazine rings is 1. The SMILES string of the molecule is COc1ccc(C(C)(C)c2csc(NC(=O)NCc3cc(F)c(N4CCNCC4)cc3F)n2)cc1.Cl. The maximum atomic E-state index is 14.6. The number of amides is 2. The second-order valence-electron chi connectivity index (χ2n) is 8.83. The summed E-state index contributed by atoms with van der Waals surface area (Å²) in [6, 6.07) is 9.57. The van der Waals surface area contributed by atoms with Crippen LogP contribution in [0.4, 0.5) is 24.4 Å². The van der Waals surface area contributed by atoms with E-state index in [2.05, 4.69) is 34.8 Å². The first-order valence-corrected chi connectivity index (χ1v) is 12.2. The van der Waals surface area contributed by atoms with Gasteiger partial charge in [0.25, 0.3) is 0 Å². The van der Waals surface area contributed by atoms with Crippen LogP contribution in [0.3, 0.4) is 0 Å². The maximum Gasteiger partial charge on any atom is 0.321 e. The van der Waals surface area contributed by atoms with Crippen molar-refractivity contribution in [3.8, 4) is 5.75 Å². The number of carbonyl (C=O) groups excluding carboxylic acids is 1. The number of benzene rings is 2. The van der Waals surface area contributed by atoms with Crippen LogP contribution in [0.2, 0.25) is 0 Å². The van der Waals surface area contributed by atoms with Gasteiger partial charge in [-0.25, -0.2) is 18.6 Å². The molecule has 36 heavy (non-hydrogen) atoms. The summed E-state index contributed by atoms with van der Waals surface area (Å²) in [7, 11) is 1.62. The van der Waals surface area contributed by atoms with Crippen LogP contribution in [0.1, 0.15) is 30.7 Å². The maximum absolute atomic E-state index is 14.6. The van der Waals surface area contributed by atoms with Gasteiger partial charge < -0.3 is 20.3 Å². The summed E-state index contributed by atoms with van der Waals surface area (Å²) in [6.07, 6.45) is 0. The minimum Gasteiger partial charge on any atom is -0.497 e. The Kier molecular flexibility index (Phi) is 9.10. The third-order valence-corrected chi connectivity index (χ3v) is 6.95. The first-order chi connectivity index (χ1) is 16.8. The van der Waals surface area contributed by atoms with Gasteiger partial charge >= 0.3 is 6.03 Å². The number of carbonyl (C=O) groups is 1. The van der Waals surface area contributed by atoms with E-state index in [-0.39, 0.29) is 35.6 Å². The predicted molar refractivity (Wildman–Crippen MR) is 142 cm³/mol. The van der Waals surface area contributed by atoms with Crippen molar-refractivity contribution in [1.29, 1.82) is 0 Å². The smallest absolute Gasteiger partial charge is 0.321 e. The Morgan fingerprint density at radius 3 is 2.53 bits per heavy atom. The third-order valence-electron chi connectivity index (χ3n) is 6.19. The molecule has 0 radical (unpaired) electrons. The topological polar surface area (TPSA) is 78.5 Å². The Labute approximate surface area is 219 Å². The van der Waals surface area contributed by atoms with Crippen molar-refractivity contribution < 1.29 is 18.3 Å². The number of thiazole rings is 1. The van der Waals surface area contributed by atoms with E-state index in [4.69, 9.17) is 4.74 Å². The monoisotopic (exact) mass is 537 g/mol. The van der Waals surface area contributed by atoms with E-state index < -0.39 is 17.7 Å². The number of aromatic nitrogens is 1. The molecule has 0 saturated carbocycles. The molecule has 1 saturated heterocycles. The molecule has 3 aromatic rings. The van der Waals surface area contributed by atoms with Crippen molar-refractivity contribution in [2.75, 3.05) is 43.5 Å². The fraction of sp³-hybridized carbons (Fsp3) is 0.360. The third kappa shape index (κ3) is 6.24. The number of hydrogen-bond acceptors (Lipinski definition) is 6. The summed E-state index contributed by atoms with van der Waals surface area (Å²) in [6.45, 7) is 6.62. The minimum atomic E-state index is -0.557. The van der Waals surface area contributed by atoms with Crippen molar-refractivity contribution in [3.05, 3.63) is 70.2 Å². The summed E-state index contributed by atoms with van der Waals surface area (Å²) in [5.74, 6) is -0.287. The lowest BCUT2D eigenvalue weighted by Gasteiger charge is -2.30. The number of ether oxygens (including phenoxy) is 1. The summed E-state index contributed by atoms with van der Waals surface area (Å²) in [5, 5.41) is 10.7. The molecule has 0 bridgehead atoms. The molecule has 194 valence electrons. The molecular formula is C25H30ClF2N5O2S. The molecule has 1 aromatic heterocycles. The van der Waals surface area contributed by atoms with Gasteiger partial charge in [-0.1, -0.05) is 26.0 Å². The number of urea groups is 1. The van der Waals surface area contributed by atoms with Crippen molar-refractivity contribution >= 4 is 40.6 Å². The van der Waals surface area contributed by atoms with Crippen LogP contribution in [-0.4, -0.2) is 44.3 Å². The lowest BCUT2D eigenvalue weighted by Crippen LogP contribution is -2.44. The van der Waals surface area contributed by atoms with Gasteiger partial charge in [-0.3, -0.25) is 5.32 Å². The summed E-state index contributed by atoms with van der Waals surface area (Å²) >= 11 is 1.30. The molecule has 3 N–H and O–H groups in total. The Bertz CT molecular complexity index is 1180. The van der Waals surface area contributed by atoms with E-state index in [1.807, 2.05) is 34.5 Å². The second kappa shape index (κ2) is 11.9. The molecule has 1 aliphatic heterocycles. The first kappa shape index (κ1) is 27.6. The molecule has 4 rings (SSSR count). The Morgan fingerprint density at radius 1 is 1.17 bits per heavy atom. The highest BCUT2D eigenvalue weighted by Gasteiger charge is 2.26. The highest BCUT2D eigenvalue weighted by atomic mass is 35.5. The van der Waals surface area contributed by atoms with E-state index in [0.29, 0.717) is 18.2 Å². The number of methoxy groups -OCH3 is 1. The number of hydrogen-bond donors (Lipinski definition) is 3. The van der Waals surface area contributed by atoms with E-state index in [1.165, 1.54) is 17.4 Å². The largest absolute Gasteiger partial charge is 0.497 e. The van der Waals surface area contributed by atoms with Gasteiger partial charge in [0.05, 0.1) is 18.5 Å². The van der Waals surface area contributed by atoms with Gasteiger partial charge in [-0.05, 0) is 23.8 Å². The highest BCUT2D eigenvalue weighted by molar-refractivity contribution is 7.13. The lowest BCUT2D eigenvalue weighted by molar-refractivity contribution is 0.251. The first-order valence-electron chi connectivity index (χ1n) is 11.4. The molecule has 7 nitrogen and oxygen atoms in total. The number of nitrogens with zero attached hydrogens (tertiary/aromatic N) is 2. The zero-order chi connectivity index (χ0) is 25.0. The number of halogens is 3. The average molecular weight is 538 g/mol. The molecule has 2 aromatic carbocycles. The Hall–Kier alpha value is -2.95. The van der Waals surface area contributed by atoms with Crippen molar-refractivity contribution in [2.24, 2.45) is 0 Å². The van der Waals surface area contributed by atoms with Crippen LogP contribution in [0.15, 0.2) is 41.8 Å². The van der Waals surface area contributed by atoms with Crippen LogP contribution >= 0.6 is 23.7 Å².